The second kappa shape index (κ2) is 4.36. The molecule has 0 unspecified atom stereocenters. The Bertz CT molecular complexity index is 461. The number of hydrogen-bond donors (Lipinski definition) is 0. The molecule has 0 N–H and O–H groups in total. The normalized spacial score (nSPS) is 10.2. The second-order valence-electron chi connectivity index (χ2n) is 3.37. The van der Waals surface area contributed by atoms with Crippen molar-refractivity contribution in [3.8, 4) is 11.3 Å². The Labute approximate surface area is 92.6 Å². The summed E-state index contributed by atoms with van der Waals surface area (Å²) < 4.78 is 0. The number of thiazole rings is 1. The second-order valence-corrected chi connectivity index (χ2v) is 4.31. The lowest BCUT2D eigenvalue weighted by Gasteiger charge is -1.94. The van der Waals surface area contributed by atoms with Crippen LogP contribution < -0.4 is 0 Å². The average Bonchev–Trinajstić information content (AvgIpc) is 2.67. The minimum Gasteiger partial charge on any atom is -0.300 e. The highest BCUT2D eigenvalue weighted by molar-refractivity contribution is 7.10. The van der Waals surface area contributed by atoms with Gasteiger partial charge < -0.3 is 0 Å². The number of hydrogen-bond acceptors (Lipinski definition) is 3. The van der Waals surface area contributed by atoms with Gasteiger partial charge in [0.1, 0.15) is 10.8 Å². The van der Waals surface area contributed by atoms with Crippen LogP contribution in [0.3, 0.4) is 0 Å². The summed E-state index contributed by atoms with van der Waals surface area (Å²) in [5.74, 6) is 0.156. The molecule has 1 aromatic heterocycles. The van der Waals surface area contributed by atoms with Crippen LogP contribution in [0.5, 0.6) is 0 Å². The van der Waals surface area contributed by atoms with Gasteiger partial charge in [-0.3, -0.25) is 4.79 Å². The molecule has 2 nitrogen and oxygen atoms in total. The predicted molar refractivity (Wildman–Crippen MR) is 61.9 cm³/mol. The first-order valence-corrected chi connectivity index (χ1v) is 5.63. The Balaban J connectivity index is 2.24. The average molecular weight is 217 g/mol. The summed E-state index contributed by atoms with van der Waals surface area (Å²) in [5.41, 5.74) is 2.06. The first-order valence-electron chi connectivity index (χ1n) is 4.75. The Hall–Kier alpha value is -1.48. The van der Waals surface area contributed by atoms with Crippen molar-refractivity contribution in [2.24, 2.45) is 0 Å². The molecular weight excluding hydrogens is 206 g/mol. The maximum atomic E-state index is 10.9. The minimum absolute atomic E-state index is 0.156. The van der Waals surface area contributed by atoms with Crippen LogP contribution in [-0.2, 0) is 11.2 Å². The van der Waals surface area contributed by atoms with Gasteiger partial charge in [-0.25, -0.2) is 4.98 Å². The summed E-state index contributed by atoms with van der Waals surface area (Å²) >= 11 is 1.54. The van der Waals surface area contributed by atoms with Crippen molar-refractivity contribution in [3.63, 3.8) is 0 Å². The van der Waals surface area contributed by atoms with Crippen molar-refractivity contribution in [1.29, 1.82) is 0 Å². The molecule has 3 heteroatoms. The summed E-state index contributed by atoms with van der Waals surface area (Å²) in [5, 5.41) is 2.88. The zero-order valence-electron chi connectivity index (χ0n) is 8.43. The monoisotopic (exact) mass is 217 g/mol. The van der Waals surface area contributed by atoms with E-state index in [0.29, 0.717) is 6.42 Å². The van der Waals surface area contributed by atoms with Crippen molar-refractivity contribution in [2.75, 3.05) is 0 Å². The molecule has 0 amide bonds. The van der Waals surface area contributed by atoms with Crippen LogP contribution >= 0.6 is 11.3 Å². The number of Topliss-reactive ketones (excluding diaryl/α,β-unsaturated/α-hetero) is 1. The number of aromatic nitrogens is 1. The van der Waals surface area contributed by atoms with E-state index in [1.54, 1.807) is 18.3 Å². The van der Waals surface area contributed by atoms with E-state index in [2.05, 4.69) is 4.98 Å². The van der Waals surface area contributed by atoms with Crippen LogP contribution in [0.15, 0.2) is 35.7 Å². The summed E-state index contributed by atoms with van der Waals surface area (Å²) in [6, 6.07) is 9.99. The third-order valence-corrected chi connectivity index (χ3v) is 2.87. The largest absolute Gasteiger partial charge is 0.300 e. The van der Waals surface area contributed by atoms with Crippen molar-refractivity contribution in [3.05, 3.63) is 40.7 Å². The highest BCUT2D eigenvalue weighted by Gasteiger charge is 2.05. The molecule has 0 aliphatic carbocycles. The summed E-state index contributed by atoms with van der Waals surface area (Å²) in [7, 11) is 0. The fraction of sp³-hybridized carbons (Fsp3) is 0.167. The maximum absolute atomic E-state index is 10.9. The Morgan fingerprint density at radius 2 is 2.07 bits per heavy atom. The molecule has 2 aromatic rings. The molecule has 15 heavy (non-hydrogen) atoms. The van der Waals surface area contributed by atoms with Gasteiger partial charge in [0.15, 0.2) is 0 Å². The Kier molecular flexibility index (Phi) is 2.92. The van der Waals surface area contributed by atoms with Crippen LogP contribution in [0, 0.1) is 0 Å². The molecule has 1 aromatic carbocycles. The van der Waals surface area contributed by atoms with E-state index in [1.807, 2.05) is 35.7 Å². The Morgan fingerprint density at radius 1 is 1.33 bits per heavy atom. The molecule has 0 radical (unpaired) electrons. The van der Waals surface area contributed by atoms with E-state index >= 15 is 0 Å². The lowest BCUT2D eigenvalue weighted by molar-refractivity contribution is -0.116. The zero-order chi connectivity index (χ0) is 10.7. The summed E-state index contributed by atoms with van der Waals surface area (Å²) in [6.45, 7) is 1.59. The highest BCUT2D eigenvalue weighted by Crippen LogP contribution is 2.21. The quantitative estimate of drug-likeness (QED) is 0.791. The third-order valence-electron chi connectivity index (χ3n) is 2.02. The van der Waals surface area contributed by atoms with E-state index < -0.39 is 0 Å². The van der Waals surface area contributed by atoms with Crippen LogP contribution in [0.25, 0.3) is 11.3 Å². The van der Waals surface area contributed by atoms with Gasteiger partial charge in [-0.2, -0.15) is 0 Å². The lowest BCUT2D eigenvalue weighted by Crippen LogP contribution is -1.94. The molecule has 0 atom stereocenters. The number of rotatable bonds is 3. The molecule has 0 saturated heterocycles. The van der Waals surface area contributed by atoms with Crippen LogP contribution in [0.4, 0.5) is 0 Å². The number of carbonyl (C=O) groups is 1. The third kappa shape index (κ3) is 2.50. The van der Waals surface area contributed by atoms with E-state index in [4.69, 9.17) is 0 Å². The van der Waals surface area contributed by atoms with Gasteiger partial charge in [0.05, 0.1) is 12.1 Å². The van der Waals surface area contributed by atoms with Gasteiger partial charge in [-0.1, -0.05) is 30.3 Å². The van der Waals surface area contributed by atoms with E-state index in [1.165, 1.54) is 0 Å². The molecular formula is C12H11NOS. The predicted octanol–water partition coefficient (Wildman–Crippen LogP) is 2.94. The molecule has 76 valence electrons. The topological polar surface area (TPSA) is 30.0 Å². The standard InChI is InChI=1S/C12H11NOS/c1-9(14)7-12-13-11(8-15-12)10-5-3-2-4-6-10/h2-6,8H,7H2,1H3. The number of carbonyl (C=O) groups excluding carboxylic acids is 1. The summed E-state index contributed by atoms with van der Waals surface area (Å²) in [4.78, 5) is 15.3. The van der Waals surface area contributed by atoms with Crippen LogP contribution in [0.1, 0.15) is 11.9 Å². The van der Waals surface area contributed by atoms with Gasteiger partial charge in [-0.05, 0) is 6.92 Å². The minimum atomic E-state index is 0.156. The zero-order valence-corrected chi connectivity index (χ0v) is 9.25. The smallest absolute Gasteiger partial charge is 0.136 e. The van der Waals surface area contributed by atoms with Gasteiger partial charge in [0.2, 0.25) is 0 Å². The molecule has 0 saturated carbocycles. The SMILES string of the molecule is CC(=O)Cc1nc(-c2ccccc2)cs1. The molecule has 0 aliphatic heterocycles. The number of nitrogens with zero attached hydrogens (tertiary/aromatic N) is 1. The lowest BCUT2D eigenvalue weighted by atomic mass is 10.2. The van der Waals surface area contributed by atoms with Gasteiger partial charge in [0.25, 0.3) is 0 Å². The molecule has 0 bridgehead atoms. The highest BCUT2D eigenvalue weighted by atomic mass is 32.1. The van der Waals surface area contributed by atoms with Crippen molar-refractivity contribution in [2.45, 2.75) is 13.3 Å². The van der Waals surface area contributed by atoms with Gasteiger partial charge in [-0.15, -0.1) is 11.3 Å². The van der Waals surface area contributed by atoms with Gasteiger partial charge in [0, 0.05) is 10.9 Å². The molecule has 0 spiro atoms. The molecule has 0 fully saturated rings. The number of ketones is 1. The van der Waals surface area contributed by atoms with Crippen molar-refractivity contribution >= 4 is 17.1 Å². The first-order chi connectivity index (χ1) is 7.25. The fourth-order valence-electron chi connectivity index (χ4n) is 1.35. The molecule has 0 aliphatic rings. The van der Waals surface area contributed by atoms with E-state index in [9.17, 15) is 4.79 Å². The molecule has 2 rings (SSSR count). The van der Waals surface area contributed by atoms with Crippen molar-refractivity contribution < 1.29 is 4.79 Å². The van der Waals surface area contributed by atoms with Crippen molar-refractivity contribution in [1.82, 2.24) is 4.98 Å². The summed E-state index contributed by atoms with van der Waals surface area (Å²) in [6.07, 6.45) is 0.442. The van der Waals surface area contributed by atoms with E-state index in [-0.39, 0.29) is 5.78 Å². The first kappa shape index (κ1) is 10.1. The maximum Gasteiger partial charge on any atom is 0.136 e. The molecule has 1 heterocycles. The van der Waals surface area contributed by atoms with E-state index in [0.717, 1.165) is 16.3 Å². The van der Waals surface area contributed by atoms with Gasteiger partial charge >= 0.3 is 0 Å². The Morgan fingerprint density at radius 3 is 2.73 bits per heavy atom. The number of benzene rings is 1. The fourth-order valence-corrected chi connectivity index (χ4v) is 2.22. The van der Waals surface area contributed by atoms with Crippen LogP contribution in [0.2, 0.25) is 0 Å². The van der Waals surface area contributed by atoms with Crippen LogP contribution in [-0.4, -0.2) is 10.8 Å².